The van der Waals surface area contributed by atoms with Crippen LogP contribution in [0.3, 0.4) is 0 Å². The quantitative estimate of drug-likeness (QED) is 0.661. The zero-order valence-electron chi connectivity index (χ0n) is 7.63. The number of carbonyl (C=O) groups excluding carboxylic acids is 1. The monoisotopic (exact) mass is 209 g/mol. The lowest BCUT2D eigenvalue weighted by molar-refractivity contribution is 0.103. The molecule has 2 aromatic heterocycles. The van der Waals surface area contributed by atoms with Gasteiger partial charge in [0.05, 0.1) is 11.9 Å². The molecule has 0 N–H and O–H groups in total. The maximum Gasteiger partial charge on any atom is 0.226 e. The molecule has 0 aliphatic rings. The Hall–Kier alpha value is -1.63. The highest BCUT2D eigenvalue weighted by atomic mass is 32.1. The van der Waals surface area contributed by atoms with Crippen LogP contribution in [-0.4, -0.2) is 30.4 Å². The van der Waals surface area contributed by atoms with Crippen molar-refractivity contribution in [3.05, 3.63) is 22.5 Å². The fourth-order valence-corrected chi connectivity index (χ4v) is 1.66. The van der Waals surface area contributed by atoms with E-state index in [4.69, 9.17) is 0 Å². The summed E-state index contributed by atoms with van der Waals surface area (Å²) in [5, 5.41) is 11.1. The molecule has 0 aliphatic heterocycles. The topological polar surface area (TPSA) is 73.6 Å². The van der Waals surface area contributed by atoms with Gasteiger partial charge in [-0.25, -0.2) is 4.68 Å². The third kappa shape index (κ3) is 1.31. The van der Waals surface area contributed by atoms with Crippen LogP contribution in [0, 0.1) is 6.92 Å². The second-order valence-electron chi connectivity index (χ2n) is 2.76. The molecule has 0 spiro atoms. The molecule has 2 aromatic rings. The highest BCUT2D eigenvalue weighted by Gasteiger charge is 2.18. The minimum atomic E-state index is -0.134. The van der Waals surface area contributed by atoms with Gasteiger partial charge in [-0.1, -0.05) is 9.70 Å². The predicted octanol–water partition coefficient (Wildman–Crippen LogP) is 0.206. The Kier molecular flexibility index (Phi) is 2.08. The van der Waals surface area contributed by atoms with Crippen molar-refractivity contribution in [1.29, 1.82) is 0 Å². The summed E-state index contributed by atoms with van der Waals surface area (Å²) in [6, 6.07) is 0. The summed E-state index contributed by atoms with van der Waals surface area (Å²) in [6.07, 6.45) is 1.43. The molecule has 0 saturated carbocycles. The maximum absolute atomic E-state index is 11.8. The molecule has 7 heteroatoms. The van der Waals surface area contributed by atoms with E-state index in [0.717, 1.165) is 11.5 Å². The second kappa shape index (κ2) is 3.26. The van der Waals surface area contributed by atoms with E-state index >= 15 is 0 Å². The normalized spacial score (nSPS) is 10.4. The number of rotatable bonds is 2. The highest BCUT2D eigenvalue weighted by molar-refractivity contribution is 7.08. The lowest BCUT2D eigenvalue weighted by Crippen LogP contribution is -2.07. The molecule has 0 bridgehead atoms. The highest BCUT2D eigenvalue weighted by Crippen LogP contribution is 2.14. The van der Waals surface area contributed by atoms with E-state index in [2.05, 4.69) is 19.9 Å². The summed E-state index contributed by atoms with van der Waals surface area (Å²) in [7, 11) is 1.67. The first kappa shape index (κ1) is 8.95. The van der Waals surface area contributed by atoms with E-state index in [0.29, 0.717) is 16.3 Å². The van der Waals surface area contributed by atoms with E-state index < -0.39 is 0 Å². The third-order valence-corrected chi connectivity index (χ3v) is 2.63. The first-order chi connectivity index (χ1) is 6.70. The Morgan fingerprint density at radius 1 is 1.57 bits per heavy atom. The Balaban J connectivity index is 2.44. The van der Waals surface area contributed by atoms with Gasteiger partial charge < -0.3 is 0 Å². The van der Waals surface area contributed by atoms with Crippen molar-refractivity contribution in [2.45, 2.75) is 6.92 Å². The summed E-state index contributed by atoms with van der Waals surface area (Å²) in [5.74, 6) is -0.134. The van der Waals surface area contributed by atoms with Crippen LogP contribution in [0.25, 0.3) is 0 Å². The number of hydrogen-bond acceptors (Lipinski definition) is 6. The molecule has 0 radical (unpaired) electrons. The molecular weight excluding hydrogens is 202 g/mol. The Labute approximate surface area is 83.7 Å². The molecular formula is C7H7N5OS. The van der Waals surface area contributed by atoms with Crippen LogP contribution in [-0.2, 0) is 7.05 Å². The number of ketones is 1. The number of nitrogens with zero attached hydrogens (tertiary/aromatic N) is 5. The van der Waals surface area contributed by atoms with Gasteiger partial charge in [-0.05, 0) is 18.5 Å². The molecule has 2 heterocycles. The molecule has 0 fully saturated rings. The van der Waals surface area contributed by atoms with Gasteiger partial charge in [-0.15, -0.1) is 10.2 Å². The van der Waals surface area contributed by atoms with Crippen LogP contribution in [0.1, 0.15) is 21.1 Å². The van der Waals surface area contributed by atoms with Crippen molar-refractivity contribution >= 4 is 17.3 Å². The molecule has 0 amide bonds. The summed E-state index contributed by atoms with van der Waals surface area (Å²) in [4.78, 5) is 12.4. The Morgan fingerprint density at radius 2 is 2.36 bits per heavy atom. The summed E-state index contributed by atoms with van der Waals surface area (Å²) in [5.41, 5.74) is 1.08. The van der Waals surface area contributed by atoms with E-state index in [-0.39, 0.29) is 5.78 Å². The lowest BCUT2D eigenvalue weighted by atomic mass is 10.2. The van der Waals surface area contributed by atoms with Crippen LogP contribution in [0.5, 0.6) is 0 Å². The largest absolute Gasteiger partial charge is 0.286 e. The maximum atomic E-state index is 11.8. The number of carbonyl (C=O) groups is 1. The van der Waals surface area contributed by atoms with Gasteiger partial charge in [0.15, 0.2) is 0 Å². The zero-order valence-corrected chi connectivity index (χ0v) is 8.45. The molecule has 72 valence electrons. The molecule has 0 saturated heterocycles. The smallest absolute Gasteiger partial charge is 0.226 e. The molecule has 14 heavy (non-hydrogen) atoms. The van der Waals surface area contributed by atoms with Gasteiger partial charge in [0.25, 0.3) is 0 Å². The minimum Gasteiger partial charge on any atom is -0.286 e. The fraction of sp³-hybridized carbons (Fsp3) is 0.286. The zero-order chi connectivity index (χ0) is 10.1. The van der Waals surface area contributed by atoms with Crippen molar-refractivity contribution in [2.24, 2.45) is 7.05 Å². The van der Waals surface area contributed by atoms with Gasteiger partial charge in [-0.3, -0.25) is 4.79 Å². The summed E-state index contributed by atoms with van der Waals surface area (Å²) in [6.45, 7) is 1.75. The molecule has 0 unspecified atom stereocenters. The molecule has 0 aliphatic carbocycles. The predicted molar refractivity (Wildman–Crippen MR) is 49.1 cm³/mol. The van der Waals surface area contributed by atoms with E-state index in [9.17, 15) is 4.79 Å². The van der Waals surface area contributed by atoms with E-state index in [1.54, 1.807) is 14.0 Å². The van der Waals surface area contributed by atoms with Crippen molar-refractivity contribution in [2.75, 3.05) is 0 Å². The average Bonchev–Trinajstić information content (AvgIpc) is 2.73. The van der Waals surface area contributed by atoms with Crippen molar-refractivity contribution in [3.63, 3.8) is 0 Å². The molecule has 0 aromatic carbocycles. The fourth-order valence-electron chi connectivity index (χ4n) is 1.05. The van der Waals surface area contributed by atoms with Gasteiger partial charge in [-0.2, -0.15) is 0 Å². The first-order valence-corrected chi connectivity index (χ1v) is 4.66. The second-order valence-corrected chi connectivity index (χ2v) is 3.51. The van der Waals surface area contributed by atoms with E-state index in [1.165, 1.54) is 10.9 Å². The van der Waals surface area contributed by atoms with Crippen LogP contribution in [0.2, 0.25) is 0 Å². The third-order valence-electron chi connectivity index (χ3n) is 1.80. The lowest BCUT2D eigenvalue weighted by Gasteiger charge is -1.96. The van der Waals surface area contributed by atoms with Gasteiger partial charge >= 0.3 is 0 Å². The van der Waals surface area contributed by atoms with Crippen molar-refractivity contribution < 1.29 is 4.79 Å². The Bertz CT molecular complexity index is 432. The van der Waals surface area contributed by atoms with Crippen LogP contribution in [0.15, 0.2) is 6.20 Å². The molecule has 0 atom stereocenters. The standard InChI is InChI=1S/C7H7N5OS/c1-4-7(14-11-9-4)6(13)5-3-8-10-12(5)2/h3H,1-2H3. The van der Waals surface area contributed by atoms with E-state index in [1.807, 2.05) is 0 Å². The van der Waals surface area contributed by atoms with Crippen LogP contribution >= 0.6 is 11.5 Å². The average molecular weight is 209 g/mol. The number of aryl methyl sites for hydroxylation is 2. The first-order valence-electron chi connectivity index (χ1n) is 3.88. The Morgan fingerprint density at radius 3 is 2.86 bits per heavy atom. The van der Waals surface area contributed by atoms with Gasteiger partial charge in [0.1, 0.15) is 10.6 Å². The number of hydrogen-bond donors (Lipinski definition) is 0. The van der Waals surface area contributed by atoms with Crippen LogP contribution < -0.4 is 0 Å². The summed E-state index contributed by atoms with van der Waals surface area (Å²) < 4.78 is 5.14. The molecule has 6 nitrogen and oxygen atoms in total. The van der Waals surface area contributed by atoms with Gasteiger partial charge in [0, 0.05) is 7.05 Å². The van der Waals surface area contributed by atoms with Crippen LogP contribution in [0.4, 0.5) is 0 Å². The summed E-state index contributed by atoms with van der Waals surface area (Å²) >= 11 is 1.09. The number of aromatic nitrogens is 5. The minimum absolute atomic E-state index is 0.134. The SMILES string of the molecule is Cc1nnsc1C(=O)c1cnnn1C. The molecule has 2 rings (SSSR count). The van der Waals surface area contributed by atoms with Crippen molar-refractivity contribution in [1.82, 2.24) is 24.6 Å². The van der Waals surface area contributed by atoms with Crippen molar-refractivity contribution in [3.8, 4) is 0 Å². The van der Waals surface area contributed by atoms with Gasteiger partial charge in [0.2, 0.25) is 5.78 Å².